The Hall–Kier alpha value is -3.35. The van der Waals surface area contributed by atoms with Crippen molar-refractivity contribution in [1.82, 2.24) is 4.57 Å². The molecule has 2 N–H and O–H groups in total. The maximum Gasteiger partial charge on any atom is 0.416 e. The fraction of sp³-hybridized carbons (Fsp3) is 0.208. The van der Waals surface area contributed by atoms with E-state index < -0.39 is 23.5 Å². The van der Waals surface area contributed by atoms with Crippen LogP contribution in [0.3, 0.4) is 0 Å². The Morgan fingerprint density at radius 2 is 1.77 bits per heavy atom. The van der Waals surface area contributed by atoms with Crippen LogP contribution in [0.5, 0.6) is 0 Å². The zero-order valence-electron chi connectivity index (χ0n) is 16.9. The molecule has 0 fully saturated rings. The highest BCUT2D eigenvalue weighted by atomic mass is 19.4. The zero-order chi connectivity index (χ0) is 22.5. The van der Waals surface area contributed by atoms with Crippen LogP contribution in [0.4, 0.5) is 17.6 Å². The van der Waals surface area contributed by atoms with Gasteiger partial charge in [-0.3, -0.25) is 4.79 Å². The summed E-state index contributed by atoms with van der Waals surface area (Å²) in [6.45, 7) is 4.07. The average Bonchev–Trinajstić information content (AvgIpc) is 3.00. The summed E-state index contributed by atoms with van der Waals surface area (Å²) in [5, 5.41) is 1.40. The lowest BCUT2D eigenvalue weighted by Gasteiger charge is -2.13. The number of carbonyl (C=O) groups excluding carboxylic acids is 1. The highest BCUT2D eigenvalue weighted by Gasteiger charge is 2.31. The fourth-order valence-corrected chi connectivity index (χ4v) is 3.98. The molecule has 7 heteroatoms. The quantitative estimate of drug-likeness (QED) is 0.385. The molecule has 160 valence electrons. The number of aromatic nitrogens is 1. The molecule has 4 rings (SSSR count). The number of amides is 1. The lowest BCUT2D eigenvalue weighted by Crippen LogP contribution is -2.11. The topological polar surface area (TPSA) is 48.0 Å². The number of carbonyl (C=O) groups is 1. The van der Waals surface area contributed by atoms with Crippen molar-refractivity contribution >= 4 is 27.7 Å². The third-order valence-electron chi connectivity index (χ3n) is 5.47. The standard InChI is InChI=1S/C24H20F4N2O/c1-13(2)15-6-7-18-21(10-15)30(20-5-3-4-19(22(18)20)23(29)31)12-14-8-16(24(26,27)28)11-17(25)9-14/h3-11,13H,12H2,1-2H3,(H2,29,31). The summed E-state index contributed by atoms with van der Waals surface area (Å²) >= 11 is 0. The maximum absolute atomic E-state index is 14.0. The molecular weight excluding hydrogens is 408 g/mol. The first-order chi connectivity index (χ1) is 14.6. The minimum absolute atomic E-state index is 0.00457. The molecule has 3 aromatic carbocycles. The van der Waals surface area contributed by atoms with Crippen molar-refractivity contribution in [2.45, 2.75) is 32.5 Å². The van der Waals surface area contributed by atoms with Gasteiger partial charge in [0.05, 0.1) is 11.1 Å². The number of alkyl halides is 3. The van der Waals surface area contributed by atoms with Gasteiger partial charge in [0.25, 0.3) is 0 Å². The summed E-state index contributed by atoms with van der Waals surface area (Å²) in [6.07, 6.45) is -4.65. The predicted molar refractivity (Wildman–Crippen MR) is 113 cm³/mol. The molecule has 31 heavy (non-hydrogen) atoms. The SMILES string of the molecule is CC(C)c1ccc2c3c(C(N)=O)cccc3n(Cc3cc(F)cc(C(F)(F)F)c3)c2c1. The van der Waals surface area contributed by atoms with Gasteiger partial charge < -0.3 is 10.3 Å². The Morgan fingerprint density at radius 1 is 1.03 bits per heavy atom. The van der Waals surface area contributed by atoms with Crippen LogP contribution in [0.15, 0.2) is 54.6 Å². The molecule has 0 unspecified atom stereocenters. The van der Waals surface area contributed by atoms with Crippen molar-refractivity contribution in [3.05, 3.63) is 82.7 Å². The second-order valence-corrected chi connectivity index (χ2v) is 7.93. The van der Waals surface area contributed by atoms with E-state index in [1.165, 1.54) is 0 Å². The van der Waals surface area contributed by atoms with E-state index in [2.05, 4.69) is 0 Å². The number of nitrogens with two attached hydrogens (primary N) is 1. The summed E-state index contributed by atoms with van der Waals surface area (Å²) in [5.41, 5.74) is 7.46. The lowest BCUT2D eigenvalue weighted by atomic mass is 10.00. The molecule has 1 amide bonds. The molecule has 0 spiro atoms. The first kappa shape index (κ1) is 20.9. The van der Waals surface area contributed by atoms with Crippen molar-refractivity contribution in [2.75, 3.05) is 0 Å². The second kappa shape index (κ2) is 7.41. The summed E-state index contributed by atoms with van der Waals surface area (Å²) in [4.78, 5) is 12.0. The number of benzene rings is 3. The van der Waals surface area contributed by atoms with Crippen molar-refractivity contribution in [1.29, 1.82) is 0 Å². The van der Waals surface area contributed by atoms with Crippen molar-refractivity contribution < 1.29 is 22.4 Å². The van der Waals surface area contributed by atoms with Gasteiger partial charge in [-0.25, -0.2) is 4.39 Å². The summed E-state index contributed by atoms with van der Waals surface area (Å²) in [6, 6.07) is 13.4. The lowest BCUT2D eigenvalue weighted by molar-refractivity contribution is -0.137. The van der Waals surface area contributed by atoms with E-state index >= 15 is 0 Å². The second-order valence-electron chi connectivity index (χ2n) is 7.93. The molecular formula is C24H20F4N2O. The Bertz CT molecular complexity index is 1320. The van der Waals surface area contributed by atoms with Gasteiger partial charge in [-0.1, -0.05) is 32.0 Å². The molecule has 0 saturated heterocycles. The van der Waals surface area contributed by atoms with E-state index in [0.29, 0.717) is 22.5 Å². The Labute approximate surface area is 176 Å². The molecule has 0 saturated carbocycles. The zero-order valence-corrected chi connectivity index (χ0v) is 16.9. The number of hydrogen-bond donors (Lipinski definition) is 1. The first-order valence-electron chi connectivity index (χ1n) is 9.77. The Balaban J connectivity index is 2.00. The van der Waals surface area contributed by atoms with Crippen LogP contribution < -0.4 is 5.73 Å². The molecule has 0 aliphatic heterocycles. The molecule has 0 aliphatic rings. The van der Waals surface area contributed by atoms with E-state index in [4.69, 9.17) is 5.73 Å². The minimum atomic E-state index is -4.65. The highest BCUT2D eigenvalue weighted by molar-refractivity contribution is 6.18. The normalized spacial score (nSPS) is 12.2. The van der Waals surface area contributed by atoms with Crippen molar-refractivity contribution in [3.8, 4) is 0 Å². The van der Waals surface area contributed by atoms with Crippen LogP contribution in [0.1, 0.15) is 46.8 Å². The molecule has 0 atom stereocenters. The number of hydrogen-bond acceptors (Lipinski definition) is 1. The molecule has 3 nitrogen and oxygen atoms in total. The third-order valence-corrected chi connectivity index (χ3v) is 5.47. The van der Waals surface area contributed by atoms with Crippen LogP contribution >= 0.6 is 0 Å². The molecule has 0 radical (unpaired) electrons. The smallest absolute Gasteiger partial charge is 0.366 e. The van der Waals surface area contributed by atoms with E-state index in [9.17, 15) is 22.4 Å². The van der Waals surface area contributed by atoms with E-state index in [0.717, 1.165) is 28.6 Å². The van der Waals surface area contributed by atoms with Crippen LogP contribution in [0.2, 0.25) is 0 Å². The largest absolute Gasteiger partial charge is 0.416 e. The number of fused-ring (bicyclic) bond motifs is 3. The molecule has 0 bridgehead atoms. The Kier molecular flexibility index (Phi) is 5.00. The van der Waals surface area contributed by atoms with Gasteiger partial charge in [-0.05, 0) is 53.4 Å². The minimum Gasteiger partial charge on any atom is -0.366 e. The monoisotopic (exact) mass is 428 g/mol. The van der Waals surface area contributed by atoms with Crippen molar-refractivity contribution in [2.24, 2.45) is 5.73 Å². The number of primary amides is 1. The van der Waals surface area contributed by atoms with E-state index in [1.54, 1.807) is 22.8 Å². The Morgan fingerprint density at radius 3 is 2.42 bits per heavy atom. The van der Waals surface area contributed by atoms with E-state index in [1.807, 2.05) is 32.0 Å². The molecule has 1 heterocycles. The van der Waals surface area contributed by atoms with Gasteiger partial charge in [0, 0.05) is 28.4 Å². The van der Waals surface area contributed by atoms with Crippen LogP contribution in [0.25, 0.3) is 21.8 Å². The van der Waals surface area contributed by atoms with Gasteiger partial charge in [0.15, 0.2) is 0 Å². The van der Waals surface area contributed by atoms with Gasteiger partial charge >= 0.3 is 6.18 Å². The summed E-state index contributed by atoms with van der Waals surface area (Å²) < 4.78 is 55.4. The van der Waals surface area contributed by atoms with Crippen LogP contribution in [-0.4, -0.2) is 10.5 Å². The van der Waals surface area contributed by atoms with Gasteiger partial charge in [-0.15, -0.1) is 0 Å². The van der Waals surface area contributed by atoms with Crippen LogP contribution in [0, 0.1) is 5.82 Å². The molecule has 1 aromatic heterocycles. The molecule has 4 aromatic rings. The van der Waals surface area contributed by atoms with Gasteiger partial charge in [0.1, 0.15) is 5.82 Å². The number of nitrogens with zero attached hydrogens (tertiary/aromatic N) is 1. The van der Waals surface area contributed by atoms with Crippen LogP contribution in [-0.2, 0) is 12.7 Å². The number of halogens is 4. The summed E-state index contributed by atoms with van der Waals surface area (Å²) in [5.74, 6) is -1.33. The highest BCUT2D eigenvalue weighted by Crippen LogP contribution is 2.35. The first-order valence-corrected chi connectivity index (χ1v) is 9.77. The van der Waals surface area contributed by atoms with Crippen molar-refractivity contribution in [3.63, 3.8) is 0 Å². The van der Waals surface area contributed by atoms with Gasteiger partial charge in [0.2, 0.25) is 5.91 Å². The third kappa shape index (κ3) is 3.76. The summed E-state index contributed by atoms with van der Waals surface area (Å²) in [7, 11) is 0. The van der Waals surface area contributed by atoms with E-state index in [-0.39, 0.29) is 18.0 Å². The predicted octanol–water partition coefficient (Wildman–Crippen LogP) is 6.22. The number of rotatable bonds is 4. The fourth-order valence-electron chi connectivity index (χ4n) is 3.98. The maximum atomic E-state index is 14.0. The average molecular weight is 428 g/mol. The molecule has 0 aliphatic carbocycles. The van der Waals surface area contributed by atoms with Gasteiger partial charge in [-0.2, -0.15) is 13.2 Å².